The molecule has 1 rings (SSSR count). The molecule has 0 aliphatic carbocycles. The van der Waals surface area contributed by atoms with Gasteiger partial charge in [-0.2, -0.15) is 0 Å². The van der Waals surface area contributed by atoms with Crippen LogP contribution in [0.3, 0.4) is 0 Å². The third-order valence-corrected chi connectivity index (χ3v) is 5.80. The first kappa shape index (κ1) is 16.1. The smallest absolute Gasteiger partial charge is 0.263 e. The number of carbonyl (C=O) groups excluding carboxylic acids is 1. The van der Waals surface area contributed by atoms with Crippen molar-refractivity contribution in [3.63, 3.8) is 0 Å². The fraction of sp³-hybridized carbons (Fsp3) is 0.583. The number of rotatable bonds is 6. The van der Waals surface area contributed by atoms with Crippen LogP contribution in [0.2, 0.25) is 0 Å². The van der Waals surface area contributed by atoms with E-state index in [0.29, 0.717) is 0 Å². The fourth-order valence-corrected chi connectivity index (χ4v) is 3.59. The highest BCUT2D eigenvalue weighted by atomic mass is 79.9. The molecule has 0 aliphatic heterocycles. The summed E-state index contributed by atoms with van der Waals surface area (Å²) in [6.07, 6.45) is 1.00. The first-order chi connectivity index (χ1) is 8.45. The third-order valence-electron chi connectivity index (χ3n) is 2.56. The summed E-state index contributed by atoms with van der Waals surface area (Å²) in [5.74, 6) is 0.118. The van der Waals surface area contributed by atoms with Crippen LogP contribution in [0.5, 0.6) is 0 Å². The van der Waals surface area contributed by atoms with Crippen molar-refractivity contribution >= 4 is 49.1 Å². The maximum Gasteiger partial charge on any atom is 0.263 e. The lowest BCUT2D eigenvalue weighted by molar-refractivity contribution is 0.0764. The zero-order valence-electron chi connectivity index (χ0n) is 10.9. The van der Waals surface area contributed by atoms with Crippen LogP contribution in [0.4, 0.5) is 0 Å². The van der Waals surface area contributed by atoms with Gasteiger partial charge in [0.1, 0.15) is 0 Å². The monoisotopic (exact) mass is 396 g/mol. The number of amides is 1. The van der Waals surface area contributed by atoms with Crippen LogP contribution in [0, 0.1) is 0 Å². The maximum absolute atomic E-state index is 12.3. The Morgan fingerprint density at radius 3 is 2.44 bits per heavy atom. The molecule has 18 heavy (non-hydrogen) atoms. The average Bonchev–Trinajstić information content (AvgIpc) is 2.64. The van der Waals surface area contributed by atoms with E-state index in [2.05, 4.69) is 36.8 Å². The molecule has 102 valence electrons. The molecule has 0 spiro atoms. The molecule has 1 amide bonds. The highest BCUT2D eigenvalue weighted by Crippen LogP contribution is 2.32. The first-order valence-electron chi connectivity index (χ1n) is 5.84. The van der Waals surface area contributed by atoms with Gasteiger partial charge in [-0.1, -0.05) is 0 Å². The second-order valence-electron chi connectivity index (χ2n) is 4.27. The van der Waals surface area contributed by atoms with Gasteiger partial charge in [0.15, 0.2) is 0 Å². The Kier molecular flexibility index (Phi) is 6.84. The molecule has 3 nitrogen and oxygen atoms in total. The molecule has 0 radical (unpaired) electrons. The van der Waals surface area contributed by atoms with Crippen LogP contribution < -0.4 is 0 Å². The molecule has 1 aromatic heterocycles. The van der Waals surface area contributed by atoms with Crippen molar-refractivity contribution in [3.05, 3.63) is 19.2 Å². The lowest BCUT2D eigenvalue weighted by Gasteiger charge is -2.21. The van der Waals surface area contributed by atoms with E-state index in [9.17, 15) is 4.79 Å². The highest BCUT2D eigenvalue weighted by Gasteiger charge is 2.17. The summed E-state index contributed by atoms with van der Waals surface area (Å²) in [4.78, 5) is 17.1. The predicted molar refractivity (Wildman–Crippen MR) is 84.5 cm³/mol. The molecule has 0 saturated heterocycles. The Bertz CT molecular complexity index is 387. The molecular weight excluding hydrogens is 380 g/mol. The van der Waals surface area contributed by atoms with Crippen molar-refractivity contribution in [2.45, 2.75) is 13.3 Å². The molecule has 0 bridgehead atoms. The van der Waals surface area contributed by atoms with E-state index in [0.717, 1.165) is 39.2 Å². The van der Waals surface area contributed by atoms with Crippen molar-refractivity contribution in [3.8, 4) is 0 Å². The van der Waals surface area contributed by atoms with Crippen LogP contribution >= 0.6 is 43.2 Å². The summed E-state index contributed by atoms with van der Waals surface area (Å²) in [5, 5.41) is 0. The Morgan fingerprint density at radius 2 is 2.00 bits per heavy atom. The summed E-state index contributed by atoms with van der Waals surface area (Å²) < 4.78 is 1.91. The van der Waals surface area contributed by atoms with Gasteiger partial charge in [0, 0.05) is 17.6 Å². The van der Waals surface area contributed by atoms with Gasteiger partial charge in [-0.15, -0.1) is 11.3 Å². The third kappa shape index (κ3) is 4.64. The van der Waals surface area contributed by atoms with E-state index >= 15 is 0 Å². The van der Waals surface area contributed by atoms with Gasteiger partial charge in [0.2, 0.25) is 0 Å². The molecule has 0 unspecified atom stereocenters. The van der Waals surface area contributed by atoms with Gasteiger partial charge in [0.25, 0.3) is 5.91 Å². The van der Waals surface area contributed by atoms with E-state index in [1.165, 1.54) is 11.3 Å². The van der Waals surface area contributed by atoms with Crippen molar-refractivity contribution in [1.82, 2.24) is 9.80 Å². The standard InChI is InChI=1S/C12H18Br2N2OS/c1-4-16(7-5-6-15(2)3)12(17)10-8-9(13)11(14)18-10/h8H,4-7H2,1-3H3. The van der Waals surface area contributed by atoms with Crippen LogP contribution in [-0.2, 0) is 0 Å². The number of hydrogen-bond acceptors (Lipinski definition) is 3. The molecule has 0 N–H and O–H groups in total. The largest absolute Gasteiger partial charge is 0.338 e. The number of thiophene rings is 1. The molecule has 0 atom stereocenters. The number of hydrogen-bond donors (Lipinski definition) is 0. The topological polar surface area (TPSA) is 23.6 Å². The van der Waals surface area contributed by atoms with Gasteiger partial charge >= 0.3 is 0 Å². The first-order valence-corrected chi connectivity index (χ1v) is 8.24. The second-order valence-corrected chi connectivity index (χ2v) is 7.50. The molecule has 1 aromatic rings. The minimum atomic E-state index is 0.118. The van der Waals surface area contributed by atoms with Crippen molar-refractivity contribution in [1.29, 1.82) is 0 Å². The molecule has 0 fully saturated rings. The van der Waals surface area contributed by atoms with Crippen molar-refractivity contribution < 1.29 is 4.79 Å². The van der Waals surface area contributed by atoms with Crippen LogP contribution in [-0.4, -0.2) is 49.4 Å². The number of carbonyl (C=O) groups is 1. The quantitative estimate of drug-likeness (QED) is 0.730. The number of halogens is 2. The summed E-state index contributed by atoms with van der Waals surface area (Å²) in [7, 11) is 4.09. The van der Waals surface area contributed by atoms with Gasteiger partial charge in [-0.05, 0) is 71.9 Å². The lowest BCUT2D eigenvalue weighted by atomic mass is 10.3. The second kappa shape index (κ2) is 7.62. The molecule has 0 saturated carbocycles. The highest BCUT2D eigenvalue weighted by molar-refractivity contribution is 9.13. The molecule has 0 aliphatic rings. The normalized spacial score (nSPS) is 11.0. The summed E-state index contributed by atoms with van der Waals surface area (Å²) >= 11 is 8.31. The van der Waals surface area contributed by atoms with Crippen LogP contribution in [0.1, 0.15) is 23.0 Å². The lowest BCUT2D eigenvalue weighted by Crippen LogP contribution is -2.32. The van der Waals surface area contributed by atoms with Gasteiger partial charge in [-0.25, -0.2) is 0 Å². The van der Waals surface area contributed by atoms with Gasteiger partial charge in [0.05, 0.1) is 8.66 Å². The molecule has 6 heteroatoms. The zero-order valence-corrected chi connectivity index (χ0v) is 14.9. The van der Waals surface area contributed by atoms with Gasteiger partial charge < -0.3 is 9.80 Å². The van der Waals surface area contributed by atoms with E-state index in [1.54, 1.807) is 0 Å². The summed E-state index contributed by atoms with van der Waals surface area (Å²) in [6.45, 7) is 4.58. The molecule has 0 aromatic carbocycles. The van der Waals surface area contributed by atoms with Crippen molar-refractivity contribution in [2.75, 3.05) is 33.7 Å². The van der Waals surface area contributed by atoms with E-state index < -0.39 is 0 Å². The Hall–Kier alpha value is 0.0900. The van der Waals surface area contributed by atoms with Gasteiger partial charge in [-0.3, -0.25) is 4.79 Å². The fourth-order valence-electron chi connectivity index (χ4n) is 1.59. The average molecular weight is 398 g/mol. The maximum atomic E-state index is 12.3. The Labute approximate surface area is 129 Å². The Morgan fingerprint density at radius 1 is 1.33 bits per heavy atom. The number of nitrogens with zero attached hydrogens (tertiary/aromatic N) is 2. The minimum Gasteiger partial charge on any atom is -0.338 e. The molecule has 1 heterocycles. The predicted octanol–water partition coefficient (Wildman–Crippen LogP) is 3.69. The summed E-state index contributed by atoms with van der Waals surface area (Å²) in [5.41, 5.74) is 0. The summed E-state index contributed by atoms with van der Waals surface area (Å²) in [6, 6.07) is 1.88. The van der Waals surface area contributed by atoms with Crippen molar-refractivity contribution in [2.24, 2.45) is 0 Å². The van der Waals surface area contributed by atoms with E-state index in [-0.39, 0.29) is 5.91 Å². The van der Waals surface area contributed by atoms with Crippen LogP contribution in [0.15, 0.2) is 14.3 Å². The van der Waals surface area contributed by atoms with E-state index in [1.807, 2.05) is 32.0 Å². The Balaban J connectivity index is 2.61. The van der Waals surface area contributed by atoms with Crippen LogP contribution in [0.25, 0.3) is 0 Å². The molecular formula is C12H18Br2N2OS. The van der Waals surface area contributed by atoms with E-state index in [4.69, 9.17) is 0 Å². The SMILES string of the molecule is CCN(CCCN(C)C)C(=O)c1cc(Br)c(Br)s1. The zero-order chi connectivity index (χ0) is 13.7. The minimum absolute atomic E-state index is 0.118.